The fourth-order valence-electron chi connectivity index (χ4n) is 15.4. The molecule has 2 aliphatic rings. The molecule has 0 saturated carbocycles. The Labute approximate surface area is 573 Å². The number of fused-ring (bicyclic) bond motifs is 10. The Hall–Kier alpha value is -10.1. The average Bonchev–Trinajstić information content (AvgIpc) is 1.18. The Morgan fingerprint density at radius 2 is 0.639 bits per heavy atom. The van der Waals surface area contributed by atoms with Gasteiger partial charge in [0.25, 0.3) is 6.71 Å². The second-order valence-electron chi connectivity index (χ2n) is 32.5. The van der Waals surface area contributed by atoms with Crippen LogP contribution in [0.25, 0.3) is 99.5 Å². The number of rotatable bonds is 7. The number of furan rings is 2. The number of hydrogen-bond acceptors (Lipinski definition) is 4. The van der Waals surface area contributed by atoms with Crippen LogP contribution in [0.15, 0.2) is 251 Å². The van der Waals surface area contributed by atoms with Gasteiger partial charge in [0.2, 0.25) is 0 Å². The minimum Gasteiger partial charge on any atom is -0.456 e. The van der Waals surface area contributed by atoms with Crippen molar-refractivity contribution in [2.24, 2.45) is 0 Å². The summed E-state index contributed by atoms with van der Waals surface area (Å²) in [6.45, 7) is 35.2. The summed E-state index contributed by atoms with van der Waals surface area (Å²) in [4.78, 5) is 5.42. The molecule has 0 amide bonds. The first-order valence-electron chi connectivity index (χ1n) is 34.7. The number of benzene rings is 12. The minimum absolute atomic E-state index is 0.0823. The van der Waals surface area contributed by atoms with Gasteiger partial charge in [0.05, 0.1) is 11.4 Å². The van der Waals surface area contributed by atoms with Crippen molar-refractivity contribution < 1.29 is 8.83 Å². The highest BCUT2D eigenvalue weighted by Crippen LogP contribution is 2.57. The highest BCUT2D eigenvalue weighted by molar-refractivity contribution is 7.00. The summed E-state index contributed by atoms with van der Waals surface area (Å²) in [7, 11) is 0. The molecule has 97 heavy (non-hydrogen) atoms. The monoisotopic (exact) mass is 1260 g/mol. The second kappa shape index (κ2) is 22.2. The van der Waals surface area contributed by atoms with E-state index in [0.717, 1.165) is 106 Å². The van der Waals surface area contributed by atoms with Crippen LogP contribution in [0.4, 0.5) is 34.1 Å². The Bertz CT molecular complexity index is 5270. The molecule has 0 spiro atoms. The van der Waals surface area contributed by atoms with E-state index >= 15 is 0 Å². The SMILES string of the molecule is CC(C)(C)c1cc(-c2ccc3c(c2)N(c2c(-c4ccccc4)cc(C(C)(C)C)cc2-c2ccccc2)c2cc(C(C)(C)C)cc4c2B3c2ccccc2N4c2c(-c3cccc4oc5ccccc5c34)cc(C(C)(C)C)cc2-c2cccc3oc4ccccc4c23)cc(C(C)(C)C)c1. The van der Waals surface area contributed by atoms with E-state index in [9.17, 15) is 0 Å². The van der Waals surface area contributed by atoms with Gasteiger partial charge in [0, 0.05) is 66.5 Å². The van der Waals surface area contributed by atoms with Crippen molar-refractivity contribution in [3.63, 3.8) is 0 Å². The lowest BCUT2D eigenvalue weighted by atomic mass is 9.33. The van der Waals surface area contributed by atoms with Crippen LogP contribution in [0.1, 0.15) is 132 Å². The predicted octanol–water partition coefficient (Wildman–Crippen LogP) is 24.4. The van der Waals surface area contributed by atoms with Crippen molar-refractivity contribution in [2.75, 3.05) is 9.80 Å². The van der Waals surface area contributed by atoms with Gasteiger partial charge in [-0.25, -0.2) is 0 Å². The van der Waals surface area contributed by atoms with Gasteiger partial charge in [0.1, 0.15) is 22.3 Å². The molecule has 0 radical (unpaired) electrons. The third-order valence-corrected chi connectivity index (χ3v) is 20.8. The molecular formula is C92H85BN2O2. The Kier molecular flexibility index (Phi) is 14.2. The quantitative estimate of drug-likeness (QED) is 0.149. The maximum Gasteiger partial charge on any atom is 0.252 e. The summed E-state index contributed by atoms with van der Waals surface area (Å²) < 4.78 is 13.7. The molecule has 0 fully saturated rings. The van der Waals surface area contributed by atoms with Gasteiger partial charge < -0.3 is 18.6 Å². The lowest BCUT2D eigenvalue weighted by Gasteiger charge is -2.46. The zero-order valence-electron chi connectivity index (χ0n) is 58.9. The highest BCUT2D eigenvalue weighted by Gasteiger charge is 2.46. The lowest BCUT2D eigenvalue weighted by molar-refractivity contribution is 0.569. The first-order chi connectivity index (χ1) is 46.3. The topological polar surface area (TPSA) is 32.8 Å². The normalized spacial score (nSPS) is 13.5. The zero-order chi connectivity index (χ0) is 67.4. The maximum atomic E-state index is 6.87. The molecule has 4 nitrogen and oxygen atoms in total. The van der Waals surface area contributed by atoms with Crippen molar-refractivity contribution in [1.82, 2.24) is 0 Å². The van der Waals surface area contributed by atoms with E-state index < -0.39 is 0 Å². The lowest BCUT2D eigenvalue weighted by Crippen LogP contribution is -2.61. The fraction of sp³-hybridized carbons (Fsp3) is 0.217. The molecule has 14 aromatic rings. The molecular weight excluding hydrogens is 1180 g/mol. The van der Waals surface area contributed by atoms with Gasteiger partial charge in [-0.3, -0.25) is 0 Å². The average molecular weight is 1260 g/mol. The maximum absolute atomic E-state index is 6.87. The number of para-hydroxylation sites is 3. The molecule has 0 aliphatic carbocycles. The summed E-state index contributed by atoms with van der Waals surface area (Å²) in [6.07, 6.45) is 0. The van der Waals surface area contributed by atoms with E-state index in [1.807, 2.05) is 0 Å². The van der Waals surface area contributed by atoms with E-state index in [0.29, 0.717) is 0 Å². The van der Waals surface area contributed by atoms with Crippen LogP contribution in [-0.4, -0.2) is 6.71 Å². The summed E-state index contributed by atoms with van der Waals surface area (Å²) in [5.74, 6) is 0. The van der Waals surface area contributed by atoms with Crippen LogP contribution in [0.5, 0.6) is 0 Å². The van der Waals surface area contributed by atoms with E-state index in [1.165, 1.54) is 72.1 Å². The van der Waals surface area contributed by atoms with E-state index in [4.69, 9.17) is 8.83 Å². The van der Waals surface area contributed by atoms with Crippen molar-refractivity contribution in [3.05, 3.63) is 270 Å². The van der Waals surface area contributed by atoms with Gasteiger partial charge in [-0.15, -0.1) is 0 Å². The highest BCUT2D eigenvalue weighted by atomic mass is 16.3. The Balaban J connectivity index is 1.10. The van der Waals surface area contributed by atoms with Gasteiger partial charge in [-0.2, -0.15) is 0 Å². The zero-order valence-corrected chi connectivity index (χ0v) is 58.9. The molecule has 0 saturated heterocycles. The third-order valence-electron chi connectivity index (χ3n) is 20.8. The molecule has 478 valence electrons. The van der Waals surface area contributed by atoms with Gasteiger partial charge in [0.15, 0.2) is 0 Å². The first-order valence-corrected chi connectivity index (χ1v) is 34.7. The summed E-state index contributed by atoms with van der Waals surface area (Å²) in [6, 6.07) is 92.2. The van der Waals surface area contributed by atoms with Crippen LogP contribution >= 0.6 is 0 Å². The van der Waals surface area contributed by atoms with Crippen LogP contribution in [0, 0.1) is 0 Å². The standard InChI is InChI=1S/C92H85BN2O2/c1-88(2,3)60-46-59(47-61(49-60)89(4,5)6)58-44-45-74-76(48-58)95(86-69(56-30-18-16-19-31-56)50-62(90(7,8)9)51-70(86)57-32-20-17-21-33-57)78-55-64(92(13,14)15)54-77-85(78)93(74)73-38-24-25-39-75(73)94(77)87-71(65-36-28-42-81-83(65)67-34-22-26-40-79(67)96-81)52-63(91(10,11)12)53-72(87)66-37-29-43-82-84(66)68-35-23-27-41-80(68)97-82/h16-55H,1-15H3. The molecule has 0 atom stereocenters. The first kappa shape index (κ1) is 61.8. The molecule has 16 rings (SSSR count). The van der Waals surface area contributed by atoms with Gasteiger partial charge in [-0.05, 0) is 177 Å². The number of nitrogens with zero attached hydrogens (tertiary/aromatic N) is 2. The smallest absolute Gasteiger partial charge is 0.252 e. The van der Waals surface area contributed by atoms with E-state index in [1.54, 1.807) is 0 Å². The van der Waals surface area contributed by atoms with Crippen molar-refractivity contribution in [3.8, 4) is 55.6 Å². The van der Waals surface area contributed by atoms with E-state index in [2.05, 4.69) is 356 Å². The van der Waals surface area contributed by atoms with Gasteiger partial charge >= 0.3 is 0 Å². The fourth-order valence-corrected chi connectivity index (χ4v) is 15.4. The van der Waals surface area contributed by atoms with Crippen LogP contribution in [-0.2, 0) is 27.1 Å². The minimum atomic E-state index is -0.320. The van der Waals surface area contributed by atoms with Crippen LogP contribution < -0.4 is 26.2 Å². The molecule has 12 aromatic carbocycles. The summed E-state index contributed by atoms with van der Waals surface area (Å²) in [5, 5.41) is 4.36. The third kappa shape index (κ3) is 10.3. The van der Waals surface area contributed by atoms with Crippen LogP contribution in [0.2, 0.25) is 0 Å². The van der Waals surface area contributed by atoms with E-state index in [-0.39, 0.29) is 33.8 Å². The molecule has 2 aromatic heterocycles. The molecule has 2 aliphatic heterocycles. The molecule has 0 unspecified atom stereocenters. The molecule has 4 heterocycles. The Morgan fingerprint density at radius 1 is 0.258 bits per heavy atom. The molecule has 0 N–H and O–H groups in total. The van der Waals surface area contributed by atoms with Crippen molar-refractivity contribution in [2.45, 2.75) is 131 Å². The molecule has 0 bridgehead atoms. The summed E-state index contributed by atoms with van der Waals surface area (Å²) >= 11 is 0. The largest absolute Gasteiger partial charge is 0.456 e. The van der Waals surface area contributed by atoms with Crippen molar-refractivity contribution in [1.29, 1.82) is 0 Å². The number of anilines is 6. The van der Waals surface area contributed by atoms with Crippen LogP contribution in [0.3, 0.4) is 0 Å². The number of hydrogen-bond donors (Lipinski definition) is 0. The summed E-state index contributed by atoms with van der Waals surface area (Å²) in [5.41, 5.74) is 31.0. The Morgan fingerprint density at radius 3 is 1.12 bits per heavy atom. The molecule has 5 heteroatoms. The predicted molar refractivity (Wildman–Crippen MR) is 416 cm³/mol. The van der Waals surface area contributed by atoms with Crippen molar-refractivity contribution >= 4 is 101 Å². The van der Waals surface area contributed by atoms with Gasteiger partial charge in [-0.1, -0.05) is 274 Å². The second-order valence-corrected chi connectivity index (χ2v) is 32.5.